The van der Waals surface area contributed by atoms with E-state index in [9.17, 15) is 0 Å². The molecule has 1 aliphatic rings. The second kappa shape index (κ2) is 2.99. The minimum Gasteiger partial charge on any atom is -0.362 e. The van der Waals surface area contributed by atoms with Crippen LogP contribution in [0.3, 0.4) is 0 Å². The first-order valence-corrected chi connectivity index (χ1v) is 5.53. The van der Waals surface area contributed by atoms with Crippen molar-refractivity contribution >= 4 is 0 Å². The minimum absolute atomic E-state index is 1.15. The molecule has 0 saturated carbocycles. The average molecular weight is 197 g/mol. The topological polar surface area (TPSA) is 15.8 Å². The van der Waals surface area contributed by atoms with E-state index in [1.165, 1.54) is 40.1 Å². The average Bonchev–Trinajstić information content (AvgIpc) is 2.59. The highest BCUT2D eigenvalue weighted by Crippen LogP contribution is 2.35. The Morgan fingerprint density at radius 2 is 1.93 bits per heavy atom. The van der Waals surface area contributed by atoms with Crippen LogP contribution in [0.1, 0.15) is 22.5 Å². The lowest BCUT2D eigenvalue weighted by molar-refractivity contribution is 0.897. The van der Waals surface area contributed by atoms with Crippen LogP contribution in [0.2, 0.25) is 0 Å². The van der Waals surface area contributed by atoms with Crippen molar-refractivity contribution in [2.24, 2.45) is 0 Å². The van der Waals surface area contributed by atoms with Gasteiger partial charge < -0.3 is 4.98 Å². The van der Waals surface area contributed by atoms with Crippen molar-refractivity contribution in [1.82, 2.24) is 4.98 Å². The fourth-order valence-corrected chi connectivity index (χ4v) is 2.62. The summed E-state index contributed by atoms with van der Waals surface area (Å²) in [7, 11) is 0. The molecule has 2 aromatic rings. The molecule has 1 heteroatoms. The van der Waals surface area contributed by atoms with Crippen molar-refractivity contribution in [3.63, 3.8) is 0 Å². The van der Waals surface area contributed by atoms with Crippen LogP contribution < -0.4 is 0 Å². The highest BCUT2D eigenvalue weighted by molar-refractivity contribution is 5.73. The minimum atomic E-state index is 1.15. The van der Waals surface area contributed by atoms with Gasteiger partial charge in [-0.15, -0.1) is 0 Å². The van der Waals surface area contributed by atoms with Gasteiger partial charge in [0.25, 0.3) is 0 Å². The lowest BCUT2D eigenvalue weighted by atomic mass is 9.87. The highest BCUT2D eigenvalue weighted by Gasteiger charge is 2.18. The number of aromatic amines is 1. The molecule has 15 heavy (non-hydrogen) atoms. The molecule has 0 radical (unpaired) electrons. The van der Waals surface area contributed by atoms with Crippen LogP contribution in [-0.4, -0.2) is 4.98 Å². The normalized spacial score (nSPS) is 13.5. The Balaban J connectivity index is 2.29. The van der Waals surface area contributed by atoms with Gasteiger partial charge in [0, 0.05) is 17.0 Å². The monoisotopic (exact) mass is 197 g/mol. The Hall–Kier alpha value is -1.50. The fraction of sp³-hybridized carbons (Fsp3) is 0.286. The standard InChI is InChI=1S/C14H15N/c1-9-4-3-5-12-11(9)6-7-14-13(12)8-10(2)15-14/h3-5,8,15H,6-7H2,1-2H3. The van der Waals surface area contributed by atoms with Crippen LogP contribution in [-0.2, 0) is 12.8 Å². The highest BCUT2D eigenvalue weighted by atomic mass is 14.7. The predicted molar refractivity (Wildman–Crippen MR) is 63.1 cm³/mol. The molecule has 0 aliphatic heterocycles. The van der Waals surface area contributed by atoms with E-state index in [0.717, 1.165) is 6.42 Å². The summed E-state index contributed by atoms with van der Waals surface area (Å²) in [6.07, 6.45) is 2.33. The van der Waals surface area contributed by atoms with E-state index >= 15 is 0 Å². The summed E-state index contributed by atoms with van der Waals surface area (Å²) in [5, 5.41) is 0. The quantitative estimate of drug-likeness (QED) is 0.666. The van der Waals surface area contributed by atoms with Crippen LogP contribution in [0.4, 0.5) is 0 Å². The van der Waals surface area contributed by atoms with E-state index < -0.39 is 0 Å². The molecule has 0 bridgehead atoms. The summed E-state index contributed by atoms with van der Waals surface area (Å²) >= 11 is 0. The van der Waals surface area contributed by atoms with Crippen LogP contribution in [0.5, 0.6) is 0 Å². The molecule has 0 amide bonds. The van der Waals surface area contributed by atoms with E-state index in [1.807, 2.05) is 0 Å². The Morgan fingerprint density at radius 3 is 2.80 bits per heavy atom. The van der Waals surface area contributed by atoms with Gasteiger partial charge >= 0.3 is 0 Å². The van der Waals surface area contributed by atoms with Gasteiger partial charge in [-0.1, -0.05) is 18.2 Å². The smallest absolute Gasteiger partial charge is 0.0232 e. The summed E-state index contributed by atoms with van der Waals surface area (Å²) in [4.78, 5) is 3.46. The van der Waals surface area contributed by atoms with Crippen molar-refractivity contribution in [1.29, 1.82) is 0 Å². The van der Waals surface area contributed by atoms with E-state index in [1.54, 1.807) is 0 Å². The fourth-order valence-electron chi connectivity index (χ4n) is 2.62. The third-order valence-electron chi connectivity index (χ3n) is 3.36. The van der Waals surface area contributed by atoms with E-state index in [2.05, 4.69) is 43.1 Å². The molecule has 76 valence electrons. The largest absolute Gasteiger partial charge is 0.362 e. The van der Waals surface area contributed by atoms with Gasteiger partial charge in [0.2, 0.25) is 0 Å². The molecule has 1 aromatic heterocycles. The zero-order valence-electron chi connectivity index (χ0n) is 9.22. The maximum absolute atomic E-state index is 3.46. The number of benzene rings is 1. The van der Waals surface area contributed by atoms with Gasteiger partial charge in [-0.25, -0.2) is 0 Å². The third kappa shape index (κ3) is 1.23. The molecular formula is C14H15N. The molecule has 0 unspecified atom stereocenters. The number of H-pyrrole nitrogens is 1. The summed E-state index contributed by atoms with van der Waals surface area (Å²) in [5.74, 6) is 0. The maximum Gasteiger partial charge on any atom is 0.0232 e. The summed E-state index contributed by atoms with van der Waals surface area (Å²) in [6.45, 7) is 4.34. The third-order valence-corrected chi connectivity index (χ3v) is 3.36. The predicted octanol–water partition coefficient (Wildman–Crippen LogP) is 3.40. The van der Waals surface area contributed by atoms with Gasteiger partial charge in [0.1, 0.15) is 0 Å². The van der Waals surface area contributed by atoms with Crippen LogP contribution in [0.25, 0.3) is 11.1 Å². The molecular weight excluding hydrogens is 182 g/mol. The first-order chi connectivity index (χ1) is 7.25. The van der Waals surface area contributed by atoms with Crippen molar-refractivity contribution in [2.75, 3.05) is 0 Å². The van der Waals surface area contributed by atoms with Crippen molar-refractivity contribution in [2.45, 2.75) is 26.7 Å². The summed E-state index contributed by atoms with van der Waals surface area (Å²) in [6, 6.07) is 8.88. The summed E-state index contributed by atoms with van der Waals surface area (Å²) in [5.41, 5.74) is 8.49. The molecule has 0 spiro atoms. The van der Waals surface area contributed by atoms with Crippen LogP contribution in [0.15, 0.2) is 24.3 Å². The Morgan fingerprint density at radius 1 is 1.07 bits per heavy atom. The first-order valence-electron chi connectivity index (χ1n) is 5.53. The van der Waals surface area contributed by atoms with Crippen molar-refractivity contribution < 1.29 is 0 Å². The van der Waals surface area contributed by atoms with Gasteiger partial charge in [-0.3, -0.25) is 0 Å². The van der Waals surface area contributed by atoms with Gasteiger partial charge in [0.15, 0.2) is 0 Å². The second-order valence-corrected chi connectivity index (χ2v) is 4.45. The van der Waals surface area contributed by atoms with Gasteiger partial charge in [-0.05, 0) is 49.4 Å². The van der Waals surface area contributed by atoms with Crippen LogP contribution in [0, 0.1) is 13.8 Å². The van der Waals surface area contributed by atoms with E-state index in [0.29, 0.717) is 0 Å². The lowest BCUT2D eigenvalue weighted by Crippen LogP contribution is -2.04. The Kier molecular flexibility index (Phi) is 1.75. The molecule has 0 atom stereocenters. The van der Waals surface area contributed by atoms with Crippen molar-refractivity contribution in [3.8, 4) is 11.1 Å². The molecule has 0 saturated heterocycles. The zero-order chi connectivity index (χ0) is 10.4. The molecule has 3 rings (SSSR count). The van der Waals surface area contributed by atoms with Gasteiger partial charge in [0.05, 0.1) is 0 Å². The number of hydrogen-bond acceptors (Lipinski definition) is 0. The molecule has 0 fully saturated rings. The number of fused-ring (bicyclic) bond motifs is 3. The molecule has 1 N–H and O–H groups in total. The van der Waals surface area contributed by atoms with E-state index in [-0.39, 0.29) is 0 Å². The number of nitrogens with one attached hydrogen (secondary N) is 1. The van der Waals surface area contributed by atoms with Crippen LogP contribution >= 0.6 is 0 Å². The number of aromatic nitrogens is 1. The zero-order valence-corrected chi connectivity index (χ0v) is 9.22. The van der Waals surface area contributed by atoms with E-state index in [4.69, 9.17) is 0 Å². The molecule has 1 aliphatic carbocycles. The Labute approximate surface area is 90.2 Å². The molecule has 1 nitrogen and oxygen atoms in total. The first kappa shape index (κ1) is 8.78. The SMILES string of the molecule is Cc1cc2c([nH]1)CCc1c(C)cccc1-2. The second-order valence-electron chi connectivity index (χ2n) is 4.45. The maximum atomic E-state index is 3.46. The number of aryl methyl sites for hydroxylation is 3. The summed E-state index contributed by atoms with van der Waals surface area (Å²) < 4.78 is 0. The van der Waals surface area contributed by atoms with Gasteiger partial charge in [-0.2, -0.15) is 0 Å². The number of rotatable bonds is 0. The lowest BCUT2D eigenvalue weighted by Gasteiger charge is -2.18. The Bertz CT molecular complexity index is 520. The van der Waals surface area contributed by atoms with Crippen molar-refractivity contribution in [3.05, 3.63) is 46.8 Å². The molecule has 1 heterocycles. The molecule has 1 aromatic carbocycles. The number of hydrogen-bond donors (Lipinski definition) is 1.